The molecule has 0 aliphatic heterocycles. The first-order valence-electron chi connectivity index (χ1n) is 5.71. The molecule has 2 nitrogen and oxygen atoms in total. The minimum atomic E-state index is -0.439. The summed E-state index contributed by atoms with van der Waals surface area (Å²) in [6.07, 6.45) is 1.61. The maximum atomic E-state index is 10.4. The van der Waals surface area contributed by atoms with E-state index in [0.29, 0.717) is 12.5 Å². The highest BCUT2D eigenvalue weighted by atomic mass is 79.9. The second-order valence-electron chi connectivity index (χ2n) is 5.04. The van der Waals surface area contributed by atoms with Crippen LogP contribution in [0.3, 0.4) is 0 Å². The summed E-state index contributed by atoms with van der Waals surface area (Å²) in [5, 5.41) is 10.4. The lowest BCUT2D eigenvalue weighted by molar-refractivity contribution is -0.0602. The molecule has 0 radical (unpaired) electrons. The number of benzene rings is 1. The van der Waals surface area contributed by atoms with Gasteiger partial charge in [0.25, 0.3) is 0 Å². The van der Waals surface area contributed by atoms with Crippen LogP contribution in [0.5, 0.6) is 0 Å². The van der Waals surface area contributed by atoms with Crippen LogP contribution < -0.4 is 5.73 Å². The van der Waals surface area contributed by atoms with E-state index in [2.05, 4.69) is 22.9 Å². The molecular weight excluding hydrogens is 266 g/mol. The van der Waals surface area contributed by atoms with Crippen LogP contribution in [0.1, 0.15) is 31.4 Å². The zero-order valence-electron chi connectivity index (χ0n) is 9.49. The highest BCUT2D eigenvalue weighted by Gasteiger charge is 2.46. The van der Waals surface area contributed by atoms with Crippen molar-refractivity contribution >= 4 is 15.9 Å². The molecule has 0 bridgehead atoms. The number of aliphatic hydroxyl groups excluding tert-OH is 1. The molecule has 1 saturated carbocycles. The maximum absolute atomic E-state index is 10.4. The van der Waals surface area contributed by atoms with Crippen molar-refractivity contribution in [1.82, 2.24) is 0 Å². The smallest absolute Gasteiger partial charge is 0.0858 e. The molecular formula is C13H18BrNO. The lowest BCUT2D eigenvalue weighted by atomic mass is 9.58. The Labute approximate surface area is 105 Å². The van der Waals surface area contributed by atoms with Crippen molar-refractivity contribution < 1.29 is 5.11 Å². The van der Waals surface area contributed by atoms with Gasteiger partial charge in [0.15, 0.2) is 0 Å². The van der Waals surface area contributed by atoms with Crippen LogP contribution in [0, 0.1) is 11.3 Å². The van der Waals surface area contributed by atoms with Gasteiger partial charge in [-0.3, -0.25) is 0 Å². The second kappa shape index (κ2) is 4.47. The first-order valence-corrected chi connectivity index (χ1v) is 6.50. The fourth-order valence-corrected chi connectivity index (χ4v) is 3.28. The normalized spacial score (nSPS) is 30.9. The van der Waals surface area contributed by atoms with Gasteiger partial charge in [-0.2, -0.15) is 0 Å². The van der Waals surface area contributed by atoms with Crippen molar-refractivity contribution in [2.45, 2.75) is 25.9 Å². The third-order valence-corrected chi connectivity index (χ3v) is 4.15. The number of hydrogen-bond acceptors (Lipinski definition) is 2. The minimum absolute atomic E-state index is 0.0970. The average Bonchev–Trinajstić information content (AvgIpc) is 2.23. The molecule has 0 spiro atoms. The summed E-state index contributed by atoms with van der Waals surface area (Å²) in [5.74, 6) is 0.686. The summed E-state index contributed by atoms with van der Waals surface area (Å²) in [5.41, 5.74) is 6.70. The molecule has 16 heavy (non-hydrogen) atoms. The van der Waals surface area contributed by atoms with Crippen LogP contribution in [-0.2, 0) is 0 Å². The Balaban J connectivity index is 2.21. The summed E-state index contributed by atoms with van der Waals surface area (Å²) in [4.78, 5) is 0. The Morgan fingerprint density at radius 3 is 2.75 bits per heavy atom. The van der Waals surface area contributed by atoms with E-state index in [4.69, 9.17) is 5.73 Å². The van der Waals surface area contributed by atoms with Crippen molar-refractivity contribution in [3.8, 4) is 0 Å². The summed E-state index contributed by atoms with van der Waals surface area (Å²) in [6.45, 7) is 2.77. The lowest BCUT2D eigenvalue weighted by Crippen LogP contribution is -2.46. The maximum Gasteiger partial charge on any atom is 0.0858 e. The van der Waals surface area contributed by atoms with Gasteiger partial charge >= 0.3 is 0 Å². The van der Waals surface area contributed by atoms with E-state index < -0.39 is 6.10 Å². The van der Waals surface area contributed by atoms with E-state index in [1.54, 1.807) is 0 Å². The number of rotatable bonds is 3. The van der Waals surface area contributed by atoms with Crippen molar-refractivity contribution in [2.24, 2.45) is 17.1 Å². The highest BCUT2D eigenvalue weighted by molar-refractivity contribution is 9.10. The Morgan fingerprint density at radius 1 is 1.56 bits per heavy atom. The Kier molecular flexibility index (Phi) is 3.38. The van der Waals surface area contributed by atoms with Crippen molar-refractivity contribution in [2.75, 3.05) is 6.54 Å². The lowest BCUT2D eigenvalue weighted by Gasteiger charge is -2.49. The molecule has 0 aromatic heterocycles. The monoisotopic (exact) mass is 283 g/mol. The molecule has 0 unspecified atom stereocenters. The quantitative estimate of drug-likeness (QED) is 0.896. The molecule has 88 valence electrons. The standard InChI is InChI=1S/C13H18BrNO/c1-9-6-13(7-9,8-15)12(16)10-3-2-4-11(14)5-10/h2-5,9,12,16H,6-8,15H2,1H3/t9?,12-,13?/m1/s1. The molecule has 3 heteroatoms. The van der Waals surface area contributed by atoms with E-state index in [0.717, 1.165) is 22.9 Å². The van der Waals surface area contributed by atoms with Crippen LogP contribution in [0.25, 0.3) is 0 Å². The van der Waals surface area contributed by atoms with Gasteiger partial charge < -0.3 is 10.8 Å². The highest BCUT2D eigenvalue weighted by Crippen LogP contribution is 2.52. The molecule has 1 aliphatic rings. The SMILES string of the molecule is CC1CC(CN)([C@H](O)c2cccc(Br)c2)C1. The van der Waals surface area contributed by atoms with E-state index in [9.17, 15) is 5.11 Å². The molecule has 1 fully saturated rings. The molecule has 0 amide bonds. The molecule has 2 rings (SSSR count). The molecule has 0 heterocycles. The van der Waals surface area contributed by atoms with Gasteiger partial charge in [0.1, 0.15) is 0 Å². The Bertz CT molecular complexity index is 374. The summed E-state index contributed by atoms with van der Waals surface area (Å²) in [7, 11) is 0. The molecule has 1 aromatic carbocycles. The molecule has 1 atom stereocenters. The molecule has 0 saturated heterocycles. The predicted molar refractivity (Wildman–Crippen MR) is 69.0 cm³/mol. The number of hydrogen-bond donors (Lipinski definition) is 2. The van der Waals surface area contributed by atoms with Crippen LogP contribution >= 0.6 is 15.9 Å². The third kappa shape index (κ3) is 2.04. The topological polar surface area (TPSA) is 46.2 Å². The van der Waals surface area contributed by atoms with E-state index in [1.807, 2.05) is 24.3 Å². The van der Waals surface area contributed by atoms with Gasteiger partial charge in [-0.05, 0) is 36.5 Å². The van der Waals surface area contributed by atoms with Gasteiger partial charge in [-0.25, -0.2) is 0 Å². The van der Waals surface area contributed by atoms with Gasteiger partial charge in [-0.15, -0.1) is 0 Å². The summed E-state index contributed by atoms with van der Waals surface area (Å²) in [6, 6.07) is 7.87. The predicted octanol–water partition coefficient (Wildman–Crippen LogP) is 2.86. The average molecular weight is 284 g/mol. The van der Waals surface area contributed by atoms with E-state index in [1.165, 1.54) is 0 Å². The molecule has 3 N–H and O–H groups in total. The van der Waals surface area contributed by atoms with Crippen molar-refractivity contribution in [1.29, 1.82) is 0 Å². The number of aliphatic hydroxyl groups is 1. The minimum Gasteiger partial charge on any atom is -0.388 e. The zero-order chi connectivity index (χ0) is 11.8. The van der Waals surface area contributed by atoms with Crippen molar-refractivity contribution in [3.05, 3.63) is 34.3 Å². The van der Waals surface area contributed by atoms with Crippen LogP contribution in [0.15, 0.2) is 28.7 Å². The number of halogens is 1. The molecule has 1 aliphatic carbocycles. The van der Waals surface area contributed by atoms with Gasteiger partial charge in [-0.1, -0.05) is 35.0 Å². The zero-order valence-corrected chi connectivity index (χ0v) is 11.1. The second-order valence-corrected chi connectivity index (χ2v) is 5.95. The van der Waals surface area contributed by atoms with Gasteiger partial charge in [0, 0.05) is 16.4 Å². The fourth-order valence-electron chi connectivity index (χ4n) is 2.86. The van der Waals surface area contributed by atoms with Crippen LogP contribution in [-0.4, -0.2) is 11.7 Å². The van der Waals surface area contributed by atoms with Gasteiger partial charge in [0.05, 0.1) is 6.10 Å². The Morgan fingerprint density at radius 2 is 2.25 bits per heavy atom. The number of nitrogens with two attached hydrogens (primary N) is 1. The molecule has 1 aromatic rings. The largest absolute Gasteiger partial charge is 0.388 e. The fraction of sp³-hybridized carbons (Fsp3) is 0.538. The van der Waals surface area contributed by atoms with Crippen LogP contribution in [0.4, 0.5) is 0 Å². The van der Waals surface area contributed by atoms with Gasteiger partial charge in [0.2, 0.25) is 0 Å². The first kappa shape index (κ1) is 12.1. The third-order valence-electron chi connectivity index (χ3n) is 3.66. The Hall–Kier alpha value is -0.380. The van der Waals surface area contributed by atoms with Crippen LogP contribution in [0.2, 0.25) is 0 Å². The van der Waals surface area contributed by atoms with E-state index >= 15 is 0 Å². The van der Waals surface area contributed by atoms with Crippen molar-refractivity contribution in [3.63, 3.8) is 0 Å². The summed E-state index contributed by atoms with van der Waals surface area (Å²) >= 11 is 3.43. The van der Waals surface area contributed by atoms with E-state index in [-0.39, 0.29) is 5.41 Å². The first-order chi connectivity index (χ1) is 7.57. The summed E-state index contributed by atoms with van der Waals surface area (Å²) < 4.78 is 1.00.